The van der Waals surface area contributed by atoms with E-state index in [1.807, 2.05) is 13.0 Å². The number of aryl methyl sites for hydroxylation is 1. The second kappa shape index (κ2) is 5.52. The van der Waals surface area contributed by atoms with E-state index in [9.17, 15) is 9.59 Å². The number of hydrogen-bond donors (Lipinski definition) is 0. The van der Waals surface area contributed by atoms with Gasteiger partial charge in [0.05, 0.1) is 13.7 Å². The van der Waals surface area contributed by atoms with Gasteiger partial charge in [-0.3, -0.25) is 9.59 Å². The van der Waals surface area contributed by atoms with Crippen LogP contribution in [0.5, 0.6) is 5.75 Å². The lowest BCUT2D eigenvalue weighted by Gasteiger charge is -2.11. The van der Waals surface area contributed by atoms with Gasteiger partial charge in [0.1, 0.15) is 12.0 Å². The summed E-state index contributed by atoms with van der Waals surface area (Å²) >= 11 is 0. The van der Waals surface area contributed by atoms with Gasteiger partial charge in [-0.2, -0.15) is 0 Å². The van der Waals surface area contributed by atoms with Crippen molar-refractivity contribution in [3.63, 3.8) is 0 Å². The Morgan fingerprint density at radius 3 is 2.68 bits per heavy atom. The summed E-state index contributed by atoms with van der Waals surface area (Å²) < 4.78 is 6.83. The minimum Gasteiger partial charge on any atom is -0.496 e. The lowest BCUT2D eigenvalue weighted by atomic mass is 10.1. The van der Waals surface area contributed by atoms with Crippen LogP contribution in [0.2, 0.25) is 0 Å². The van der Waals surface area contributed by atoms with Gasteiger partial charge >= 0.3 is 0 Å². The molecule has 4 heteroatoms. The number of nitrogens with zero attached hydrogens (tertiary/aromatic N) is 1. The van der Waals surface area contributed by atoms with Gasteiger partial charge < -0.3 is 9.30 Å². The summed E-state index contributed by atoms with van der Waals surface area (Å²) in [6, 6.07) is 8.61. The molecule has 0 bridgehead atoms. The molecule has 0 aliphatic rings. The maximum absolute atomic E-state index is 11.9. The summed E-state index contributed by atoms with van der Waals surface area (Å²) in [5, 5.41) is 0. The summed E-state index contributed by atoms with van der Waals surface area (Å²) in [7, 11) is 1.57. The van der Waals surface area contributed by atoms with E-state index in [1.54, 1.807) is 42.1 Å². The fourth-order valence-electron chi connectivity index (χ4n) is 1.92. The number of carbonyl (C=O) groups excluding carboxylic acids is 1. The first-order chi connectivity index (χ1) is 9.13. The standard InChI is InChI=1S/C15H15NO3/c1-11-5-6-16(15(18)7-11)9-13-8-12(10-17)3-4-14(13)19-2/h3-8,10H,9H2,1-2H3. The highest BCUT2D eigenvalue weighted by Gasteiger charge is 2.06. The second-order valence-corrected chi connectivity index (χ2v) is 4.36. The van der Waals surface area contributed by atoms with Gasteiger partial charge in [0.15, 0.2) is 0 Å². The summed E-state index contributed by atoms with van der Waals surface area (Å²) in [6.45, 7) is 2.25. The molecule has 0 N–H and O–H groups in total. The van der Waals surface area contributed by atoms with Gasteiger partial charge in [-0.05, 0) is 36.8 Å². The Kier molecular flexibility index (Phi) is 3.80. The van der Waals surface area contributed by atoms with Crippen LogP contribution >= 0.6 is 0 Å². The molecule has 0 aliphatic heterocycles. The van der Waals surface area contributed by atoms with E-state index in [1.165, 1.54) is 0 Å². The van der Waals surface area contributed by atoms with Gasteiger partial charge in [0, 0.05) is 23.4 Å². The summed E-state index contributed by atoms with van der Waals surface area (Å²) in [5.41, 5.74) is 2.22. The predicted molar refractivity (Wildman–Crippen MR) is 72.9 cm³/mol. The second-order valence-electron chi connectivity index (χ2n) is 4.36. The first-order valence-corrected chi connectivity index (χ1v) is 5.93. The van der Waals surface area contributed by atoms with Crippen molar-refractivity contribution in [2.75, 3.05) is 7.11 Å². The van der Waals surface area contributed by atoms with Crippen molar-refractivity contribution < 1.29 is 9.53 Å². The Bertz CT molecular complexity index is 659. The Balaban J connectivity index is 2.41. The number of aldehydes is 1. The minimum absolute atomic E-state index is 0.0708. The van der Waals surface area contributed by atoms with Crippen LogP contribution in [0.1, 0.15) is 21.5 Å². The molecule has 4 nitrogen and oxygen atoms in total. The Labute approximate surface area is 111 Å². The molecule has 0 amide bonds. The quantitative estimate of drug-likeness (QED) is 0.787. The molecule has 2 aromatic rings. The molecule has 0 fully saturated rings. The summed E-state index contributed by atoms with van der Waals surface area (Å²) in [4.78, 5) is 22.7. The molecule has 0 atom stereocenters. The van der Waals surface area contributed by atoms with Crippen molar-refractivity contribution in [1.29, 1.82) is 0 Å². The number of benzene rings is 1. The van der Waals surface area contributed by atoms with Gasteiger partial charge in [0.25, 0.3) is 5.56 Å². The van der Waals surface area contributed by atoms with Gasteiger partial charge in [0.2, 0.25) is 0 Å². The Hall–Kier alpha value is -2.36. The van der Waals surface area contributed by atoms with Crippen LogP contribution in [0, 0.1) is 6.92 Å². The normalized spacial score (nSPS) is 10.2. The minimum atomic E-state index is -0.0708. The largest absolute Gasteiger partial charge is 0.496 e. The molecule has 0 aliphatic carbocycles. The fraction of sp³-hybridized carbons (Fsp3) is 0.200. The molecule has 0 saturated carbocycles. The van der Waals surface area contributed by atoms with E-state index in [-0.39, 0.29) is 5.56 Å². The number of pyridine rings is 1. The van der Waals surface area contributed by atoms with E-state index in [2.05, 4.69) is 0 Å². The maximum Gasteiger partial charge on any atom is 0.251 e. The van der Waals surface area contributed by atoms with E-state index in [0.717, 1.165) is 17.4 Å². The highest BCUT2D eigenvalue weighted by Crippen LogP contribution is 2.20. The van der Waals surface area contributed by atoms with E-state index >= 15 is 0 Å². The van der Waals surface area contributed by atoms with Crippen LogP contribution in [0.15, 0.2) is 41.3 Å². The first kappa shape index (κ1) is 13.1. The Morgan fingerprint density at radius 2 is 2.05 bits per heavy atom. The average Bonchev–Trinajstić information content (AvgIpc) is 2.41. The van der Waals surface area contributed by atoms with Gasteiger partial charge in [-0.1, -0.05) is 0 Å². The third-order valence-electron chi connectivity index (χ3n) is 2.93. The van der Waals surface area contributed by atoms with Crippen LogP contribution < -0.4 is 10.3 Å². The lowest BCUT2D eigenvalue weighted by molar-refractivity contribution is 0.112. The van der Waals surface area contributed by atoms with Crippen molar-refractivity contribution in [2.45, 2.75) is 13.5 Å². The third-order valence-corrected chi connectivity index (χ3v) is 2.93. The molecule has 1 aromatic carbocycles. The number of hydrogen-bond acceptors (Lipinski definition) is 3. The smallest absolute Gasteiger partial charge is 0.251 e. The van der Waals surface area contributed by atoms with Crippen LogP contribution in [0.4, 0.5) is 0 Å². The maximum atomic E-state index is 11.9. The average molecular weight is 257 g/mol. The number of rotatable bonds is 4. The van der Waals surface area contributed by atoms with E-state index < -0.39 is 0 Å². The highest BCUT2D eigenvalue weighted by molar-refractivity contribution is 5.75. The van der Waals surface area contributed by atoms with E-state index in [4.69, 9.17) is 4.74 Å². The van der Waals surface area contributed by atoms with Crippen molar-refractivity contribution >= 4 is 6.29 Å². The van der Waals surface area contributed by atoms with Crippen LogP contribution in [-0.2, 0) is 6.54 Å². The molecule has 2 rings (SSSR count). The summed E-state index contributed by atoms with van der Waals surface area (Å²) in [5.74, 6) is 0.665. The molecule has 1 aromatic heterocycles. The molecule has 0 radical (unpaired) electrons. The number of aromatic nitrogens is 1. The fourth-order valence-corrected chi connectivity index (χ4v) is 1.92. The molecular formula is C15H15NO3. The van der Waals surface area contributed by atoms with Crippen molar-refractivity contribution in [1.82, 2.24) is 4.57 Å². The monoisotopic (exact) mass is 257 g/mol. The summed E-state index contributed by atoms with van der Waals surface area (Å²) in [6.07, 6.45) is 2.52. The molecular weight excluding hydrogens is 242 g/mol. The van der Waals surface area contributed by atoms with E-state index in [0.29, 0.717) is 17.9 Å². The van der Waals surface area contributed by atoms with Crippen LogP contribution in [0.25, 0.3) is 0 Å². The SMILES string of the molecule is COc1ccc(C=O)cc1Cn1ccc(C)cc1=O. The zero-order valence-corrected chi connectivity index (χ0v) is 10.9. The van der Waals surface area contributed by atoms with Crippen LogP contribution in [0.3, 0.4) is 0 Å². The van der Waals surface area contributed by atoms with Gasteiger partial charge in [-0.25, -0.2) is 0 Å². The molecule has 1 heterocycles. The zero-order valence-electron chi connectivity index (χ0n) is 10.9. The predicted octanol–water partition coefficient (Wildman–Crippen LogP) is 2.03. The molecule has 98 valence electrons. The lowest BCUT2D eigenvalue weighted by Crippen LogP contribution is -2.19. The van der Waals surface area contributed by atoms with Crippen molar-refractivity contribution in [2.24, 2.45) is 0 Å². The third kappa shape index (κ3) is 2.91. The number of ether oxygens (including phenoxy) is 1. The van der Waals surface area contributed by atoms with Crippen LogP contribution in [-0.4, -0.2) is 18.0 Å². The molecule has 0 saturated heterocycles. The van der Waals surface area contributed by atoms with Crippen molar-refractivity contribution in [3.05, 3.63) is 63.6 Å². The molecule has 19 heavy (non-hydrogen) atoms. The molecule has 0 spiro atoms. The topological polar surface area (TPSA) is 48.3 Å². The van der Waals surface area contributed by atoms with Crippen molar-refractivity contribution in [3.8, 4) is 5.75 Å². The molecule has 0 unspecified atom stereocenters. The number of methoxy groups -OCH3 is 1. The Morgan fingerprint density at radius 1 is 1.26 bits per heavy atom. The van der Waals surface area contributed by atoms with Gasteiger partial charge in [-0.15, -0.1) is 0 Å². The highest BCUT2D eigenvalue weighted by atomic mass is 16.5. The number of carbonyl (C=O) groups is 1. The zero-order chi connectivity index (χ0) is 13.8. The first-order valence-electron chi connectivity index (χ1n) is 5.93.